The second-order valence-electron chi connectivity index (χ2n) is 6.93. The molecule has 1 fully saturated rings. The molecule has 2 aliphatic rings. The Morgan fingerprint density at radius 1 is 1.35 bits per heavy atom. The zero-order valence-electron chi connectivity index (χ0n) is 14.1. The Morgan fingerprint density at radius 2 is 2.15 bits per heavy atom. The summed E-state index contributed by atoms with van der Waals surface area (Å²) in [5.74, 6) is -3.99. The minimum Gasteiger partial charge on any atom is -0.505 e. The number of hydrogen-bond donors (Lipinski definition) is 1. The van der Waals surface area contributed by atoms with Crippen LogP contribution in [-0.2, 0) is 12.5 Å². The fourth-order valence-corrected chi connectivity index (χ4v) is 4.06. The van der Waals surface area contributed by atoms with E-state index in [0.29, 0.717) is 6.29 Å². The van der Waals surface area contributed by atoms with E-state index >= 15 is 0 Å². The number of aldehydes is 1. The highest BCUT2D eigenvalue weighted by Crippen LogP contribution is 2.44. The van der Waals surface area contributed by atoms with E-state index < -0.39 is 23.9 Å². The molecule has 2 atom stereocenters. The number of hydrogen-bond acceptors (Lipinski definition) is 5. The van der Waals surface area contributed by atoms with Crippen molar-refractivity contribution < 1.29 is 23.4 Å². The number of rotatable bonds is 1. The average Bonchev–Trinajstić information content (AvgIpc) is 3.06. The molecule has 2 aromatic heterocycles. The highest BCUT2D eigenvalue weighted by Gasteiger charge is 2.42. The summed E-state index contributed by atoms with van der Waals surface area (Å²) in [6.07, 6.45) is 6.59. The molecule has 0 amide bonds. The third kappa shape index (κ3) is 2.73. The van der Waals surface area contributed by atoms with Gasteiger partial charge >= 0.3 is 5.92 Å². The molecule has 0 bridgehead atoms. The van der Waals surface area contributed by atoms with E-state index in [4.69, 9.17) is 4.74 Å². The van der Waals surface area contributed by atoms with Gasteiger partial charge in [0.1, 0.15) is 17.9 Å². The number of fused-ring (bicyclic) bond motifs is 4. The molecule has 1 N–H and O–H groups in total. The lowest BCUT2D eigenvalue weighted by Crippen LogP contribution is -2.32. The van der Waals surface area contributed by atoms with E-state index in [1.165, 1.54) is 10.9 Å². The van der Waals surface area contributed by atoms with Crippen molar-refractivity contribution in [3.63, 3.8) is 0 Å². The number of pyridine rings is 1. The van der Waals surface area contributed by atoms with Gasteiger partial charge in [-0.1, -0.05) is 12.8 Å². The van der Waals surface area contributed by atoms with Gasteiger partial charge in [0.2, 0.25) is 0 Å². The van der Waals surface area contributed by atoms with Crippen LogP contribution >= 0.6 is 0 Å². The van der Waals surface area contributed by atoms with Gasteiger partial charge in [0, 0.05) is 23.7 Å². The van der Waals surface area contributed by atoms with Crippen LogP contribution in [0.3, 0.4) is 0 Å². The van der Waals surface area contributed by atoms with E-state index in [1.807, 2.05) is 0 Å². The van der Waals surface area contributed by atoms with Crippen molar-refractivity contribution in [2.24, 2.45) is 5.92 Å². The Bertz CT molecular complexity index is 837. The lowest BCUT2D eigenvalue weighted by Gasteiger charge is -2.34. The van der Waals surface area contributed by atoms with Gasteiger partial charge in [-0.25, -0.2) is 4.98 Å². The Kier molecular flexibility index (Phi) is 4.13. The van der Waals surface area contributed by atoms with Crippen LogP contribution in [0.5, 0.6) is 11.5 Å². The summed E-state index contributed by atoms with van der Waals surface area (Å²) >= 11 is 0. The number of alkyl halides is 2. The van der Waals surface area contributed by atoms with Crippen molar-refractivity contribution in [2.75, 3.05) is 6.61 Å². The van der Waals surface area contributed by atoms with Crippen molar-refractivity contribution in [3.8, 4) is 11.5 Å². The Morgan fingerprint density at radius 3 is 2.96 bits per heavy atom. The molecule has 1 aliphatic carbocycles. The molecule has 0 saturated heterocycles. The van der Waals surface area contributed by atoms with Gasteiger partial charge in [-0.15, -0.1) is 0 Å². The normalized spacial score (nSPS) is 24.5. The summed E-state index contributed by atoms with van der Waals surface area (Å²) in [5.41, 5.74) is -0.146. The highest BCUT2D eigenvalue weighted by atomic mass is 19.3. The Balaban J connectivity index is 1.86. The molecule has 4 rings (SSSR count). The molecule has 2 aromatic rings. The van der Waals surface area contributed by atoms with Crippen LogP contribution in [0.1, 0.15) is 53.3 Å². The zero-order chi connectivity index (χ0) is 18.3. The van der Waals surface area contributed by atoms with E-state index in [0.717, 1.165) is 37.6 Å². The Labute approximate surface area is 148 Å². The van der Waals surface area contributed by atoms with E-state index in [1.54, 1.807) is 6.07 Å². The first kappa shape index (κ1) is 16.9. The maximum absolute atomic E-state index is 15.0. The van der Waals surface area contributed by atoms with Crippen LogP contribution in [0.25, 0.3) is 0 Å². The van der Waals surface area contributed by atoms with E-state index in [-0.39, 0.29) is 29.8 Å². The molecule has 2 unspecified atom stereocenters. The number of aromatic nitrogens is 3. The van der Waals surface area contributed by atoms with Crippen molar-refractivity contribution in [1.82, 2.24) is 14.8 Å². The molecular formula is C18H19F2N3O3. The fourth-order valence-electron chi connectivity index (χ4n) is 4.06. The van der Waals surface area contributed by atoms with Crippen LogP contribution in [0.2, 0.25) is 0 Å². The summed E-state index contributed by atoms with van der Waals surface area (Å²) in [6, 6.07) is 1.79. The molecule has 26 heavy (non-hydrogen) atoms. The topological polar surface area (TPSA) is 77.2 Å². The number of aromatic hydroxyl groups is 1. The summed E-state index contributed by atoms with van der Waals surface area (Å²) in [6.45, 7) is -0.504. The summed E-state index contributed by atoms with van der Waals surface area (Å²) in [5, 5.41) is 13.9. The smallest absolute Gasteiger partial charge is 0.312 e. The predicted octanol–water partition coefficient (Wildman–Crippen LogP) is 3.25. The zero-order valence-corrected chi connectivity index (χ0v) is 14.1. The quantitative estimate of drug-likeness (QED) is 0.787. The van der Waals surface area contributed by atoms with Crippen LogP contribution in [0.15, 0.2) is 18.5 Å². The lowest BCUT2D eigenvalue weighted by atomic mass is 9.77. The van der Waals surface area contributed by atoms with Crippen molar-refractivity contribution in [1.29, 1.82) is 0 Å². The molecule has 8 heteroatoms. The average molecular weight is 363 g/mol. The molecule has 138 valence electrons. The van der Waals surface area contributed by atoms with Crippen LogP contribution in [0, 0.1) is 5.92 Å². The molecule has 6 nitrogen and oxygen atoms in total. The summed E-state index contributed by atoms with van der Waals surface area (Å²) in [7, 11) is 0. The third-order valence-corrected chi connectivity index (χ3v) is 5.34. The standard InChI is InChI=1S/C18H19F2N3O3/c19-18(20)10-23-14(5-6-22-23)12-4-2-1-3-11(12)9-26-16-13(8-24)15(25)7-21-17(16)18/h5-8,11-12,25H,1-4,9-10H2. The predicted molar refractivity (Wildman–Crippen MR) is 87.6 cm³/mol. The van der Waals surface area contributed by atoms with Gasteiger partial charge in [-0.05, 0) is 18.9 Å². The van der Waals surface area contributed by atoms with Crippen molar-refractivity contribution in [2.45, 2.75) is 44.1 Å². The van der Waals surface area contributed by atoms with Crippen LogP contribution in [-0.4, -0.2) is 32.8 Å². The molecule has 0 radical (unpaired) electrons. The molecule has 0 spiro atoms. The first-order valence-corrected chi connectivity index (χ1v) is 8.71. The number of ether oxygens (including phenoxy) is 1. The van der Waals surface area contributed by atoms with Gasteiger partial charge < -0.3 is 9.84 Å². The summed E-state index contributed by atoms with van der Waals surface area (Å²) < 4.78 is 37.0. The number of carbonyl (C=O) groups excluding carboxylic acids is 1. The number of halogens is 2. The third-order valence-electron chi connectivity index (χ3n) is 5.34. The van der Waals surface area contributed by atoms with Gasteiger partial charge in [0.05, 0.1) is 12.8 Å². The van der Waals surface area contributed by atoms with Gasteiger partial charge in [0.15, 0.2) is 17.7 Å². The molecule has 1 saturated carbocycles. The van der Waals surface area contributed by atoms with Crippen molar-refractivity contribution in [3.05, 3.63) is 35.4 Å². The fraction of sp³-hybridized carbons (Fsp3) is 0.500. The van der Waals surface area contributed by atoms with Gasteiger partial charge in [-0.2, -0.15) is 13.9 Å². The molecule has 0 aromatic carbocycles. The van der Waals surface area contributed by atoms with Crippen LogP contribution in [0.4, 0.5) is 8.78 Å². The van der Waals surface area contributed by atoms with Crippen LogP contribution < -0.4 is 4.74 Å². The van der Waals surface area contributed by atoms with Gasteiger partial charge in [-0.3, -0.25) is 9.48 Å². The second kappa shape index (κ2) is 6.34. The second-order valence-corrected chi connectivity index (χ2v) is 6.93. The highest BCUT2D eigenvalue weighted by molar-refractivity contribution is 5.83. The summed E-state index contributed by atoms with van der Waals surface area (Å²) in [4.78, 5) is 15.1. The van der Waals surface area contributed by atoms with E-state index in [9.17, 15) is 18.7 Å². The Hall–Kier alpha value is -2.51. The maximum atomic E-state index is 15.0. The monoisotopic (exact) mass is 363 g/mol. The van der Waals surface area contributed by atoms with Crippen molar-refractivity contribution >= 4 is 6.29 Å². The largest absolute Gasteiger partial charge is 0.505 e. The number of nitrogens with zero attached hydrogens (tertiary/aromatic N) is 3. The minimum absolute atomic E-state index is 0.0774. The number of carbonyl (C=O) groups is 1. The molecule has 1 aliphatic heterocycles. The first-order chi connectivity index (χ1) is 12.5. The van der Waals surface area contributed by atoms with Gasteiger partial charge in [0.25, 0.3) is 0 Å². The lowest BCUT2D eigenvalue weighted by molar-refractivity contribution is -0.0355. The first-order valence-electron chi connectivity index (χ1n) is 8.71. The molecular weight excluding hydrogens is 344 g/mol. The minimum atomic E-state index is -3.40. The molecule has 3 heterocycles. The maximum Gasteiger partial charge on any atom is 0.312 e. The van der Waals surface area contributed by atoms with E-state index in [2.05, 4.69) is 10.1 Å². The SMILES string of the molecule is O=Cc1c(O)cnc2c1OCC1CCCCC1c1ccnn1CC2(F)F.